The van der Waals surface area contributed by atoms with E-state index in [0.717, 1.165) is 46.5 Å². The van der Waals surface area contributed by atoms with Crippen LogP contribution >= 0.6 is 11.6 Å². The fourth-order valence-electron chi connectivity index (χ4n) is 4.65. The maximum Gasteiger partial charge on any atom is 0.410 e. The predicted molar refractivity (Wildman–Crippen MR) is 108 cm³/mol. The SMILES string of the molecule is CC(C)(C)OC(=O)N1CC2(CNC(=O)c3c2[nH]c2c3CCc3cnc(Cl)cc3-2)C1. The average molecular weight is 415 g/mol. The number of nitrogens with zero attached hydrogens (tertiary/aromatic N) is 2. The van der Waals surface area contributed by atoms with Gasteiger partial charge in [0.05, 0.1) is 16.7 Å². The lowest BCUT2D eigenvalue weighted by atomic mass is 9.72. The maximum absolute atomic E-state index is 12.8. The van der Waals surface area contributed by atoms with E-state index in [4.69, 9.17) is 16.3 Å². The van der Waals surface area contributed by atoms with Crippen LogP contribution in [0.2, 0.25) is 5.15 Å². The van der Waals surface area contributed by atoms with Gasteiger partial charge in [-0.25, -0.2) is 9.78 Å². The monoisotopic (exact) mass is 414 g/mol. The number of pyridine rings is 1. The van der Waals surface area contributed by atoms with Crippen molar-refractivity contribution in [3.8, 4) is 11.3 Å². The highest BCUT2D eigenvalue weighted by atomic mass is 35.5. The molecule has 1 fully saturated rings. The average Bonchev–Trinajstić information content (AvgIpc) is 3.00. The molecule has 1 spiro atoms. The van der Waals surface area contributed by atoms with E-state index in [-0.39, 0.29) is 17.4 Å². The molecule has 2 N–H and O–H groups in total. The topological polar surface area (TPSA) is 87.3 Å². The number of H-pyrrole nitrogens is 1. The summed E-state index contributed by atoms with van der Waals surface area (Å²) >= 11 is 6.14. The van der Waals surface area contributed by atoms with Crippen molar-refractivity contribution < 1.29 is 14.3 Å². The molecule has 2 aromatic rings. The number of carbonyl (C=O) groups is 2. The number of aryl methyl sites for hydroxylation is 1. The summed E-state index contributed by atoms with van der Waals surface area (Å²) in [5.41, 5.74) is 4.92. The molecule has 152 valence electrons. The highest BCUT2D eigenvalue weighted by Crippen LogP contribution is 2.45. The largest absolute Gasteiger partial charge is 0.444 e. The van der Waals surface area contributed by atoms with Crippen LogP contribution in [0, 0.1) is 0 Å². The minimum Gasteiger partial charge on any atom is -0.444 e. The van der Waals surface area contributed by atoms with Gasteiger partial charge in [-0.1, -0.05) is 11.6 Å². The highest BCUT2D eigenvalue weighted by Gasteiger charge is 2.53. The number of ether oxygens (including phenoxy) is 1. The standard InChI is InChI=1S/C21H23ClN4O3/c1-20(2,3)29-19(28)26-9-21(10-26)8-24-18(27)15-12-5-4-11-7-23-14(22)6-13(11)16(12)25-17(15)21/h6-7,25H,4-5,8-10H2,1-3H3,(H,24,27). The van der Waals surface area contributed by atoms with Crippen LogP contribution in [0.5, 0.6) is 0 Å². The van der Waals surface area contributed by atoms with Gasteiger partial charge in [0.1, 0.15) is 10.8 Å². The minimum absolute atomic E-state index is 0.0533. The summed E-state index contributed by atoms with van der Waals surface area (Å²) in [5, 5.41) is 3.47. The van der Waals surface area contributed by atoms with E-state index in [1.54, 1.807) is 4.90 Å². The van der Waals surface area contributed by atoms with Crippen LogP contribution in [0.1, 0.15) is 48.0 Å². The minimum atomic E-state index is -0.533. The summed E-state index contributed by atoms with van der Waals surface area (Å²) in [7, 11) is 0. The number of likely N-dealkylation sites (tertiary alicyclic amines) is 1. The molecule has 2 amide bonds. The fourth-order valence-corrected chi connectivity index (χ4v) is 4.81. The Morgan fingerprint density at radius 1 is 1.31 bits per heavy atom. The first kappa shape index (κ1) is 18.5. The van der Waals surface area contributed by atoms with E-state index in [1.807, 2.05) is 33.0 Å². The van der Waals surface area contributed by atoms with Gasteiger partial charge in [-0.3, -0.25) is 4.79 Å². The Bertz CT molecular complexity index is 1050. The molecule has 8 heteroatoms. The zero-order valence-corrected chi connectivity index (χ0v) is 17.4. The smallest absolute Gasteiger partial charge is 0.410 e. The Kier molecular flexibility index (Phi) is 3.81. The quantitative estimate of drug-likeness (QED) is 0.648. The molecular weight excluding hydrogens is 392 g/mol. The Balaban J connectivity index is 1.52. The van der Waals surface area contributed by atoms with Gasteiger partial charge in [-0.2, -0.15) is 0 Å². The molecule has 5 rings (SSSR count). The number of hydrogen-bond donors (Lipinski definition) is 2. The van der Waals surface area contributed by atoms with Crippen molar-refractivity contribution in [3.05, 3.63) is 39.8 Å². The summed E-state index contributed by atoms with van der Waals surface area (Å²) in [6.45, 7) is 7.10. The van der Waals surface area contributed by atoms with Crippen molar-refractivity contribution in [1.82, 2.24) is 20.2 Å². The molecule has 1 aliphatic carbocycles. The number of carbonyl (C=O) groups excluding carboxylic acids is 2. The number of halogens is 1. The second-order valence-electron chi connectivity index (χ2n) is 9.19. The van der Waals surface area contributed by atoms with Crippen LogP contribution in [0.3, 0.4) is 0 Å². The summed E-state index contributed by atoms with van der Waals surface area (Å²) in [5.74, 6) is -0.0533. The Hall–Kier alpha value is -2.54. The van der Waals surface area contributed by atoms with Crippen LogP contribution < -0.4 is 5.32 Å². The summed E-state index contributed by atoms with van der Waals surface area (Å²) in [4.78, 5) is 34.6. The molecule has 2 aromatic heterocycles. The van der Waals surface area contributed by atoms with Crippen molar-refractivity contribution in [1.29, 1.82) is 0 Å². The lowest BCUT2D eigenvalue weighted by molar-refractivity contribution is -0.0113. The first-order valence-corrected chi connectivity index (χ1v) is 10.2. The second kappa shape index (κ2) is 5.98. The van der Waals surface area contributed by atoms with Crippen LogP contribution in [0.15, 0.2) is 12.3 Å². The van der Waals surface area contributed by atoms with Gasteiger partial charge in [-0.15, -0.1) is 0 Å². The first-order valence-electron chi connectivity index (χ1n) is 9.83. The number of rotatable bonds is 0. The van der Waals surface area contributed by atoms with E-state index in [2.05, 4.69) is 15.3 Å². The van der Waals surface area contributed by atoms with Crippen molar-refractivity contribution in [2.45, 2.75) is 44.6 Å². The zero-order chi connectivity index (χ0) is 20.6. The molecule has 2 aliphatic heterocycles. The van der Waals surface area contributed by atoms with Crippen LogP contribution in [0.4, 0.5) is 4.79 Å². The number of aromatic amines is 1. The third kappa shape index (κ3) is 2.82. The molecule has 3 aliphatic rings. The van der Waals surface area contributed by atoms with E-state index in [0.29, 0.717) is 24.8 Å². The Morgan fingerprint density at radius 3 is 2.79 bits per heavy atom. The van der Waals surface area contributed by atoms with Crippen LogP contribution in [-0.4, -0.2) is 52.1 Å². The van der Waals surface area contributed by atoms with Gasteiger partial charge in [0.25, 0.3) is 5.91 Å². The number of amides is 2. The van der Waals surface area contributed by atoms with E-state index >= 15 is 0 Å². The molecule has 0 bridgehead atoms. The number of nitrogens with one attached hydrogen (secondary N) is 2. The predicted octanol–water partition coefficient (Wildman–Crippen LogP) is 3.06. The molecular formula is C21H23ClN4O3. The number of hydrogen-bond acceptors (Lipinski definition) is 4. The van der Waals surface area contributed by atoms with Gasteiger partial charge in [-0.05, 0) is 50.8 Å². The van der Waals surface area contributed by atoms with E-state index < -0.39 is 5.60 Å². The van der Waals surface area contributed by atoms with Crippen LogP contribution in [-0.2, 0) is 23.0 Å². The molecule has 0 atom stereocenters. The molecule has 0 saturated carbocycles. The maximum atomic E-state index is 12.8. The van der Waals surface area contributed by atoms with Gasteiger partial charge in [0, 0.05) is 37.1 Å². The second-order valence-corrected chi connectivity index (χ2v) is 9.58. The highest BCUT2D eigenvalue weighted by molar-refractivity contribution is 6.29. The Morgan fingerprint density at radius 2 is 2.07 bits per heavy atom. The van der Waals surface area contributed by atoms with Crippen molar-refractivity contribution in [2.75, 3.05) is 19.6 Å². The van der Waals surface area contributed by atoms with Crippen LogP contribution in [0.25, 0.3) is 11.3 Å². The zero-order valence-electron chi connectivity index (χ0n) is 16.7. The van der Waals surface area contributed by atoms with Crippen molar-refractivity contribution >= 4 is 23.6 Å². The number of fused-ring (bicyclic) bond motifs is 6. The van der Waals surface area contributed by atoms with Gasteiger partial charge in [0.2, 0.25) is 0 Å². The summed E-state index contributed by atoms with van der Waals surface area (Å²) in [6, 6.07) is 1.86. The van der Waals surface area contributed by atoms with Crippen molar-refractivity contribution in [2.24, 2.45) is 0 Å². The third-order valence-corrected chi connectivity index (χ3v) is 6.16. The molecule has 4 heterocycles. The normalized spacial score (nSPS) is 19.0. The van der Waals surface area contributed by atoms with Gasteiger partial charge >= 0.3 is 6.09 Å². The van der Waals surface area contributed by atoms with Gasteiger partial charge < -0.3 is 19.9 Å². The Labute approximate surface area is 173 Å². The van der Waals surface area contributed by atoms with E-state index in [1.165, 1.54) is 0 Å². The molecule has 0 radical (unpaired) electrons. The summed E-state index contributed by atoms with van der Waals surface area (Å²) in [6.07, 6.45) is 3.09. The first-order chi connectivity index (χ1) is 13.7. The lowest BCUT2D eigenvalue weighted by Crippen LogP contribution is -2.67. The molecule has 29 heavy (non-hydrogen) atoms. The van der Waals surface area contributed by atoms with Crippen molar-refractivity contribution in [3.63, 3.8) is 0 Å². The van der Waals surface area contributed by atoms with Gasteiger partial charge in [0.15, 0.2) is 0 Å². The fraction of sp³-hybridized carbons (Fsp3) is 0.476. The molecule has 0 unspecified atom stereocenters. The number of aromatic nitrogens is 2. The van der Waals surface area contributed by atoms with E-state index in [9.17, 15) is 9.59 Å². The molecule has 7 nitrogen and oxygen atoms in total. The third-order valence-electron chi connectivity index (χ3n) is 5.95. The summed E-state index contributed by atoms with van der Waals surface area (Å²) < 4.78 is 5.49. The lowest BCUT2D eigenvalue weighted by Gasteiger charge is -2.51. The molecule has 1 saturated heterocycles. The molecule has 0 aromatic carbocycles.